The summed E-state index contributed by atoms with van der Waals surface area (Å²) in [6.45, 7) is 6.82. The van der Waals surface area contributed by atoms with Crippen molar-refractivity contribution >= 4 is 16.8 Å². The summed E-state index contributed by atoms with van der Waals surface area (Å²) in [4.78, 5) is 20.1. The van der Waals surface area contributed by atoms with Gasteiger partial charge in [-0.1, -0.05) is 19.1 Å². The van der Waals surface area contributed by atoms with Gasteiger partial charge in [-0.25, -0.2) is 0 Å². The molecule has 6 heteroatoms. The van der Waals surface area contributed by atoms with Gasteiger partial charge in [-0.3, -0.25) is 19.4 Å². The molecule has 1 aromatic carbocycles. The van der Waals surface area contributed by atoms with E-state index in [0.717, 1.165) is 73.6 Å². The number of carbonyl (C=O) groups is 1. The molecule has 190 valence electrons. The van der Waals surface area contributed by atoms with Gasteiger partial charge in [0.25, 0.3) is 5.91 Å². The third-order valence-electron chi connectivity index (χ3n) is 8.69. The van der Waals surface area contributed by atoms with E-state index in [2.05, 4.69) is 26.8 Å². The van der Waals surface area contributed by atoms with E-state index in [0.29, 0.717) is 0 Å². The van der Waals surface area contributed by atoms with E-state index in [1.165, 1.54) is 55.6 Å². The summed E-state index contributed by atoms with van der Waals surface area (Å²) in [6, 6.07) is 9.96. The van der Waals surface area contributed by atoms with Crippen molar-refractivity contribution in [3.8, 4) is 0 Å². The summed E-state index contributed by atoms with van der Waals surface area (Å²) in [7, 11) is 0. The molecule has 36 heavy (non-hydrogen) atoms. The van der Waals surface area contributed by atoms with Crippen LogP contribution in [0.15, 0.2) is 36.5 Å². The van der Waals surface area contributed by atoms with Crippen molar-refractivity contribution in [3.63, 3.8) is 0 Å². The van der Waals surface area contributed by atoms with Crippen LogP contribution in [0.25, 0.3) is 10.9 Å². The Morgan fingerprint density at radius 2 is 1.89 bits per heavy atom. The van der Waals surface area contributed by atoms with Gasteiger partial charge in [0.2, 0.25) is 0 Å². The van der Waals surface area contributed by atoms with Crippen LogP contribution in [0.2, 0.25) is 0 Å². The first-order valence-corrected chi connectivity index (χ1v) is 14.1. The number of aromatic nitrogens is 3. The zero-order valence-electron chi connectivity index (χ0n) is 21.6. The van der Waals surface area contributed by atoms with E-state index in [9.17, 15) is 4.79 Å². The van der Waals surface area contributed by atoms with Crippen molar-refractivity contribution in [2.24, 2.45) is 11.8 Å². The average molecular weight is 486 g/mol. The zero-order valence-corrected chi connectivity index (χ0v) is 21.6. The minimum Gasteiger partial charge on any atom is -0.349 e. The number of pyridine rings is 1. The van der Waals surface area contributed by atoms with E-state index in [4.69, 9.17) is 5.10 Å². The number of hydrogen-bond donors (Lipinski definition) is 1. The van der Waals surface area contributed by atoms with Crippen molar-refractivity contribution in [2.75, 3.05) is 13.1 Å². The molecule has 0 spiro atoms. The Labute approximate surface area is 214 Å². The van der Waals surface area contributed by atoms with Crippen LogP contribution in [0.4, 0.5) is 0 Å². The summed E-state index contributed by atoms with van der Waals surface area (Å²) in [6.07, 6.45) is 12.6. The summed E-state index contributed by atoms with van der Waals surface area (Å²) < 4.78 is 2.34. The lowest BCUT2D eigenvalue weighted by Gasteiger charge is -2.32. The number of hydrogen-bond acceptors (Lipinski definition) is 4. The molecule has 0 radical (unpaired) electrons. The Morgan fingerprint density at radius 3 is 2.69 bits per heavy atom. The van der Waals surface area contributed by atoms with Gasteiger partial charge < -0.3 is 5.32 Å². The molecule has 1 amide bonds. The first kappa shape index (κ1) is 23.7. The predicted molar refractivity (Wildman–Crippen MR) is 143 cm³/mol. The topological polar surface area (TPSA) is 63.1 Å². The summed E-state index contributed by atoms with van der Waals surface area (Å²) in [5, 5.41) is 9.25. The van der Waals surface area contributed by atoms with Gasteiger partial charge in [0.15, 0.2) is 0 Å². The lowest BCUT2D eigenvalue weighted by atomic mass is 9.83. The molecule has 0 atom stereocenters. The second-order valence-corrected chi connectivity index (χ2v) is 11.2. The SMILES string of the molecule is CCc1c2c(nn1CC1CC1)CCN(CCC1CCC(NC(=O)c3cccc4ncccc34)CC1)C2. The molecule has 3 aromatic rings. The number of rotatable bonds is 8. The Balaban J connectivity index is 0.985. The number of benzene rings is 1. The molecule has 1 N–H and O–H groups in total. The molecule has 2 aliphatic carbocycles. The van der Waals surface area contributed by atoms with Gasteiger partial charge in [0.1, 0.15) is 0 Å². The molecule has 6 nitrogen and oxygen atoms in total. The number of carbonyl (C=O) groups excluding carboxylic acids is 1. The average Bonchev–Trinajstić information content (AvgIpc) is 3.66. The van der Waals surface area contributed by atoms with E-state index in [1.807, 2.05) is 30.3 Å². The predicted octanol–water partition coefficient (Wildman–Crippen LogP) is 5.14. The molecule has 2 saturated carbocycles. The maximum Gasteiger partial charge on any atom is 0.252 e. The molecule has 1 aliphatic heterocycles. The second kappa shape index (κ2) is 10.3. The lowest BCUT2D eigenvalue weighted by molar-refractivity contribution is 0.0921. The van der Waals surface area contributed by atoms with Crippen LogP contribution >= 0.6 is 0 Å². The minimum atomic E-state index is 0.0372. The highest BCUT2D eigenvalue weighted by Gasteiger charge is 2.29. The third kappa shape index (κ3) is 5.06. The van der Waals surface area contributed by atoms with E-state index in [-0.39, 0.29) is 11.9 Å². The monoisotopic (exact) mass is 485 g/mol. The molecule has 0 bridgehead atoms. The molecule has 6 rings (SSSR count). The largest absolute Gasteiger partial charge is 0.349 e. The van der Waals surface area contributed by atoms with Gasteiger partial charge in [-0.2, -0.15) is 5.10 Å². The van der Waals surface area contributed by atoms with Crippen LogP contribution in [0.5, 0.6) is 0 Å². The normalized spacial score (nSPS) is 22.5. The molecule has 3 aliphatic rings. The second-order valence-electron chi connectivity index (χ2n) is 11.2. The smallest absolute Gasteiger partial charge is 0.252 e. The number of fused-ring (bicyclic) bond motifs is 2. The number of amides is 1. The van der Waals surface area contributed by atoms with Gasteiger partial charge in [0, 0.05) is 60.5 Å². The van der Waals surface area contributed by atoms with Crippen molar-refractivity contribution in [1.29, 1.82) is 0 Å². The molecular weight excluding hydrogens is 446 g/mol. The van der Waals surface area contributed by atoms with Crippen LogP contribution in [0.3, 0.4) is 0 Å². The fraction of sp³-hybridized carbons (Fsp3) is 0.567. The Hall–Kier alpha value is -2.73. The van der Waals surface area contributed by atoms with Gasteiger partial charge in [-0.05, 0) is 87.9 Å². The third-order valence-corrected chi connectivity index (χ3v) is 8.69. The highest BCUT2D eigenvalue weighted by Crippen LogP contribution is 2.33. The van der Waals surface area contributed by atoms with Gasteiger partial charge in [0.05, 0.1) is 11.2 Å². The fourth-order valence-corrected chi connectivity index (χ4v) is 6.35. The quantitative estimate of drug-likeness (QED) is 0.480. The molecule has 3 heterocycles. The highest BCUT2D eigenvalue weighted by atomic mass is 16.1. The molecule has 2 fully saturated rings. The first-order valence-electron chi connectivity index (χ1n) is 14.1. The Kier molecular flexibility index (Phi) is 6.79. The van der Waals surface area contributed by atoms with E-state index < -0.39 is 0 Å². The minimum absolute atomic E-state index is 0.0372. The summed E-state index contributed by atoms with van der Waals surface area (Å²) in [5.41, 5.74) is 5.99. The number of nitrogens with one attached hydrogen (secondary N) is 1. The van der Waals surface area contributed by atoms with Crippen LogP contribution in [0, 0.1) is 11.8 Å². The van der Waals surface area contributed by atoms with Crippen LogP contribution in [-0.4, -0.2) is 44.7 Å². The zero-order chi connectivity index (χ0) is 24.5. The Morgan fingerprint density at radius 1 is 1.06 bits per heavy atom. The molecular formula is C30H39N5O. The lowest BCUT2D eigenvalue weighted by Crippen LogP contribution is -2.38. The van der Waals surface area contributed by atoms with Crippen LogP contribution in [0.1, 0.15) is 79.2 Å². The molecule has 2 aromatic heterocycles. The first-order chi connectivity index (χ1) is 17.7. The maximum atomic E-state index is 13.0. The van der Waals surface area contributed by atoms with Crippen molar-refractivity contribution in [3.05, 3.63) is 59.0 Å². The Bertz CT molecular complexity index is 1220. The van der Waals surface area contributed by atoms with Crippen molar-refractivity contribution in [2.45, 2.75) is 83.8 Å². The van der Waals surface area contributed by atoms with Crippen molar-refractivity contribution < 1.29 is 4.79 Å². The standard InChI is InChI=1S/C30H39N5O/c1-2-29-26-20-34(18-15-28(26)33-35(29)19-22-8-9-22)17-14-21-10-12-23(13-11-21)32-30(36)25-5-3-7-27-24(25)6-4-16-31-27/h3-7,16,21-23H,2,8-15,17-20H2,1H3,(H,32,36). The highest BCUT2D eigenvalue weighted by molar-refractivity contribution is 6.06. The molecule has 0 unspecified atom stereocenters. The van der Waals surface area contributed by atoms with Crippen LogP contribution in [-0.2, 0) is 25.9 Å². The summed E-state index contributed by atoms with van der Waals surface area (Å²) in [5.74, 6) is 1.68. The van der Waals surface area contributed by atoms with E-state index in [1.54, 1.807) is 6.20 Å². The fourth-order valence-electron chi connectivity index (χ4n) is 6.35. The maximum absolute atomic E-state index is 13.0. The van der Waals surface area contributed by atoms with Crippen LogP contribution < -0.4 is 5.32 Å². The molecule has 0 saturated heterocycles. The number of nitrogens with zero attached hydrogens (tertiary/aromatic N) is 4. The summed E-state index contributed by atoms with van der Waals surface area (Å²) >= 11 is 0. The van der Waals surface area contributed by atoms with Gasteiger partial charge >= 0.3 is 0 Å². The van der Waals surface area contributed by atoms with E-state index >= 15 is 0 Å². The van der Waals surface area contributed by atoms with Gasteiger partial charge in [-0.15, -0.1) is 0 Å². The van der Waals surface area contributed by atoms with Crippen molar-refractivity contribution in [1.82, 2.24) is 25.0 Å².